The van der Waals surface area contributed by atoms with E-state index < -0.39 is 54.3 Å². The topological polar surface area (TPSA) is 94.8 Å². The predicted molar refractivity (Wildman–Crippen MR) is 150 cm³/mol. The van der Waals surface area contributed by atoms with Gasteiger partial charge in [0.15, 0.2) is 29.0 Å². The third kappa shape index (κ3) is 7.92. The summed E-state index contributed by atoms with van der Waals surface area (Å²) in [5, 5.41) is 10.4. The summed E-state index contributed by atoms with van der Waals surface area (Å²) < 4.78 is 112. The standard InChI is InChI=1S/C30H30F7N5O4/c1-28(2,43)46-23-11-22(14-44-13-18-7-19(29(32,33)34)10-20(8-18)30(35,36)37)45-27(23)42-16-40-24-25(38-15-39-26(24)42)41(3)12-17-5-4-6-21(31)9-17/h4-10,15-16,22-23,27,43H,11-14H2,1-3H3/t22-,23+,27+/m0/s1. The molecular weight excluding hydrogens is 627 g/mol. The number of aliphatic hydroxyl groups is 1. The van der Waals surface area contributed by atoms with Crippen LogP contribution in [0.25, 0.3) is 11.2 Å². The summed E-state index contributed by atoms with van der Waals surface area (Å²) in [5.74, 6) is -1.51. The molecule has 5 rings (SSSR count). The van der Waals surface area contributed by atoms with Gasteiger partial charge in [-0.1, -0.05) is 12.1 Å². The molecule has 0 spiro atoms. The molecule has 9 nitrogen and oxygen atoms in total. The van der Waals surface area contributed by atoms with Gasteiger partial charge in [0.25, 0.3) is 0 Å². The second kappa shape index (κ2) is 12.7. The second-order valence-corrected chi connectivity index (χ2v) is 11.4. The lowest BCUT2D eigenvalue weighted by Crippen LogP contribution is -2.33. The minimum absolute atomic E-state index is 0.0520. The maximum atomic E-state index is 13.7. The van der Waals surface area contributed by atoms with E-state index in [-0.39, 0.29) is 30.5 Å². The molecule has 16 heteroatoms. The van der Waals surface area contributed by atoms with Crippen LogP contribution in [0.5, 0.6) is 0 Å². The molecule has 1 fully saturated rings. The van der Waals surface area contributed by atoms with Crippen molar-refractivity contribution in [2.24, 2.45) is 0 Å². The Hall–Kier alpha value is -3.86. The van der Waals surface area contributed by atoms with Crippen molar-refractivity contribution in [3.63, 3.8) is 0 Å². The first-order valence-electron chi connectivity index (χ1n) is 14.0. The highest BCUT2D eigenvalue weighted by molar-refractivity contribution is 5.83. The molecule has 46 heavy (non-hydrogen) atoms. The number of hydrogen-bond donors (Lipinski definition) is 1. The van der Waals surface area contributed by atoms with Crippen molar-refractivity contribution >= 4 is 17.0 Å². The first-order valence-corrected chi connectivity index (χ1v) is 14.0. The van der Waals surface area contributed by atoms with Crippen LogP contribution in [-0.4, -0.2) is 56.3 Å². The molecule has 0 unspecified atom stereocenters. The van der Waals surface area contributed by atoms with E-state index >= 15 is 0 Å². The number of anilines is 1. The van der Waals surface area contributed by atoms with Crippen molar-refractivity contribution < 1.29 is 50.1 Å². The highest BCUT2D eigenvalue weighted by Gasteiger charge is 2.41. The molecule has 1 aliphatic heterocycles. The van der Waals surface area contributed by atoms with Crippen molar-refractivity contribution in [2.45, 2.75) is 70.0 Å². The molecule has 1 N–H and O–H groups in total. The Morgan fingerprint density at radius 3 is 2.30 bits per heavy atom. The summed E-state index contributed by atoms with van der Waals surface area (Å²) in [5.41, 5.74) is -1.73. The largest absolute Gasteiger partial charge is 0.416 e. The molecule has 4 aromatic rings. The minimum Gasteiger partial charge on any atom is -0.374 e. The van der Waals surface area contributed by atoms with Crippen molar-refractivity contribution in [2.75, 3.05) is 18.6 Å². The van der Waals surface area contributed by atoms with E-state index in [0.29, 0.717) is 41.2 Å². The van der Waals surface area contributed by atoms with E-state index in [4.69, 9.17) is 14.2 Å². The van der Waals surface area contributed by atoms with E-state index in [1.54, 1.807) is 28.6 Å². The van der Waals surface area contributed by atoms with Gasteiger partial charge in [-0.15, -0.1) is 0 Å². The Bertz CT molecular complexity index is 1640. The lowest BCUT2D eigenvalue weighted by molar-refractivity contribution is -0.222. The Morgan fingerprint density at radius 2 is 1.67 bits per heavy atom. The van der Waals surface area contributed by atoms with Crippen LogP contribution >= 0.6 is 0 Å². The third-order valence-corrected chi connectivity index (χ3v) is 7.09. The molecule has 3 heterocycles. The number of rotatable bonds is 10. The van der Waals surface area contributed by atoms with Gasteiger partial charge in [-0.3, -0.25) is 4.57 Å². The average molecular weight is 658 g/mol. The fraction of sp³-hybridized carbons (Fsp3) is 0.433. The highest BCUT2D eigenvalue weighted by Crippen LogP contribution is 2.38. The van der Waals surface area contributed by atoms with E-state index in [0.717, 1.165) is 0 Å². The van der Waals surface area contributed by atoms with Crippen LogP contribution in [-0.2, 0) is 39.7 Å². The summed E-state index contributed by atoms with van der Waals surface area (Å²) >= 11 is 0. The van der Waals surface area contributed by atoms with E-state index in [1.165, 1.54) is 38.6 Å². The predicted octanol–water partition coefficient (Wildman–Crippen LogP) is 6.26. The van der Waals surface area contributed by atoms with Crippen LogP contribution in [0.1, 0.15) is 48.8 Å². The number of fused-ring (bicyclic) bond motifs is 1. The number of alkyl halides is 6. The van der Waals surface area contributed by atoms with Gasteiger partial charge in [-0.2, -0.15) is 26.3 Å². The van der Waals surface area contributed by atoms with Crippen molar-refractivity contribution in [1.29, 1.82) is 0 Å². The van der Waals surface area contributed by atoms with E-state index in [9.17, 15) is 35.8 Å². The van der Waals surface area contributed by atoms with Gasteiger partial charge < -0.3 is 24.2 Å². The number of imidazole rings is 1. The van der Waals surface area contributed by atoms with Gasteiger partial charge in [-0.05, 0) is 55.3 Å². The molecule has 0 bridgehead atoms. The third-order valence-electron chi connectivity index (χ3n) is 7.09. The van der Waals surface area contributed by atoms with Gasteiger partial charge in [0.05, 0.1) is 36.8 Å². The molecule has 0 aliphatic carbocycles. The average Bonchev–Trinajstić information content (AvgIpc) is 3.54. The molecule has 0 saturated carbocycles. The summed E-state index contributed by atoms with van der Waals surface area (Å²) in [6, 6.07) is 7.38. The van der Waals surface area contributed by atoms with E-state index in [1.807, 2.05) is 0 Å². The normalized spacial score (nSPS) is 19.2. The number of halogens is 7. The van der Waals surface area contributed by atoms with Gasteiger partial charge in [0.2, 0.25) is 0 Å². The van der Waals surface area contributed by atoms with Crippen molar-refractivity contribution in [1.82, 2.24) is 19.5 Å². The smallest absolute Gasteiger partial charge is 0.374 e. The fourth-order valence-corrected chi connectivity index (χ4v) is 5.24. The molecule has 3 atom stereocenters. The summed E-state index contributed by atoms with van der Waals surface area (Å²) in [6.45, 7) is 2.41. The molecular formula is C30H30F7N5O4. The number of ether oxygens (including phenoxy) is 3. The maximum absolute atomic E-state index is 13.7. The van der Waals surface area contributed by atoms with Crippen LogP contribution in [0, 0.1) is 5.82 Å². The molecule has 248 valence electrons. The monoisotopic (exact) mass is 657 g/mol. The van der Waals surface area contributed by atoms with Gasteiger partial charge in [-0.25, -0.2) is 19.3 Å². The SMILES string of the molecule is CN(Cc1cccc(F)c1)c1ncnc2c1ncn2[C@@H]1O[C@H](COCc2cc(C(F)(F)F)cc(C(F)(F)F)c2)C[C@H]1OC(C)(C)O. The lowest BCUT2D eigenvalue weighted by Gasteiger charge is -2.27. The van der Waals surface area contributed by atoms with Crippen molar-refractivity contribution in [3.05, 3.63) is 83.2 Å². The highest BCUT2D eigenvalue weighted by atomic mass is 19.4. The van der Waals surface area contributed by atoms with E-state index in [2.05, 4.69) is 15.0 Å². The number of hydrogen-bond acceptors (Lipinski definition) is 8. The van der Waals surface area contributed by atoms with Crippen LogP contribution in [0.4, 0.5) is 36.6 Å². The van der Waals surface area contributed by atoms with Crippen molar-refractivity contribution in [3.8, 4) is 0 Å². The first-order chi connectivity index (χ1) is 21.5. The second-order valence-electron chi connectivity index (χ2n) is 11.4. The lowest BCUT2D eigenvalue weighted by atomic mass is 10.1. The Labute approximate surface area is 258 Å². The number of benzene rings is 2. The summed E-state index contributed by atoms with van der Waals surface area (Å²) in [7, 11) is 1.76. The molecule has 1 aliphatic rings. The first kappa shape index (κ1) is 33.5. The van der Waals surface area contributed by atoms with Crippen LogP contribution in [0.2, 0.25) is 0 Å². The summed E-state index contributed by atoms with van der Waals surface area (Å²) in [6.07, 6.45) is -9.43. The van der Waals surface area contributed by atoms with Gasteiger partial charge in [0.1, 0.15) is 18.2 Å². The van der Waals surface area contributed by atoms with Crippen LogP contribution in [0.3, 0.4) is 0 Å². The zero-order chi connectivity index (χ0) is 33.4. The summed E-state index contributed by atoms with van der Waals surface area (Å²) in [4.78, 5) is 14.9. The number of aromatic nitrogens is 4. The number of nitrogens with zero attached hydrogens (tertiary/aromatic N) is 5. The zero-order valence-corrected chi connectivity index (χ0v) is 24.8. The minimum atomic E-state index is -4.98. The Morgan fingerprint density at radius 1 is 0.978 bits per heavy atom. The molecule has 1 saturated heterocycles. The van der Waals surface area contributed by atoms with Gasteiger partial charge >= 0.3 is 12.4 Å². The van der Waals surface area contributed by atoms with Crippen LogP contribution in [0.15, 0.2) is 55.1 Å². The van der Waals surface area contributed by atoms with Crippen LogP contribution < -0.4 is 4.90 Å². The molecule has 0 amide bonds. The Kier molecular flexibility index (Phi) is 9.28. The quantitative estimate of drug-likeness (QED) is 0.158. The molecule has 2 aromatic heterocycles. The molecule has 0 radical (unpaired) electrons. The fourth-order valence-electron chi connectivity index (χ4n) is 5.24. The maximum Gasteiger partial charge on any atom is 0.416 e. The molecule has 2 aromatic carbocycles. The zero-order valence-electron chi connectivity index (χ0n) is 24.8. The Balaban J connectivity index is 1.34. The van der Waals surface area contributed by atoms with Gasteiger partial charge in [0, 0.05) is 20.0 Å².